The molecule has 0 saturated heterocycles. The van der Waals surface area contributed by atoms with Crippen molar-refractivity contribution >= 4 is 41.4 Å². The molecule has 22 heavy (non-hydrogen) atoms. The normalized spacial score (nSPS) is 15.5. The highest BCUT2D eigenvalue weighted by Gasteiger charge is 2.34. The van der Waals surface area contributed by atoms with Crippen LogP contribution >= 0.6 is 27.5 Å². The molecule has 0 aliphatic carbocycles. The summed E-state index contributed by atoms with van der Waals surface area (Å²) in [6.07, 6.45) is -0.497. The molecule has 0 unspecified atom stereocenters. The standard InChI is InChI=1S/C17H26BrClO2Si/c1-17(2,19)10-15(20)14(11-22(3,4)5)16(21)12-6-8-13(18)9-7-12/h6-9,14,16,21H,10-11H2,1-5H3/t14-,16-/m1/s1. The zero-order valence-corrected chi connectivity index (χ0v) is 17.3. The number of rotatable bonds is 7. The number of aliphatic hydroxyl groups is 1. The highest BCUT2D eigenvalue weighted by Crippen LogP contribution is 2.34. The van der Waals surface area contributed by atoms with E-state index in [-0.39, 0.29) is 18.1 Å². The van der Waals surface area contributed by atoms with E-state index >= 15 is 0 Å². The topological polar surface area (TPSA) is 37.3 Å². The molecular formula is C17H26BrClO2Si. The Morgan fingerprint density at radius 2 is 1.77 bits per heavy atom. The van der Waals surface area contributed by atoms with E-state index in [0.717, 1.165) is 16.1 Å². The molecule has 1 aromatic carbocycles. The molecular weight excluding hydrogens is 380 g/mol. The Morgan fingerprint density at radius 1 is 1.27 bits per heavy atom. The van der Waals surface area contributed by atoms with Gasteiger partial charge in [-0.05, 0) is 37.6 Å². The number of carbonyl (C=O) groups excluding carboxylic acids is 1. The van der Waals surface area contributed by atoms with Crippen LogP contribution in [0.25, 0.3) is 0 Å². The molecule has 0 bridgehead atoms. The van der Waals surface area contributed by atoms with Gasteiger partial charge in [0.15, 0.2) is 0 Å². The molecule has 2 nitrogen and oxygen atoms in total. The lowest BCUT2D eigenvalue weighted by Crippen LogP contribution is -2.34. The molecule has 0 heterocycles. The number of Topliss-reactive ketones (excluding diaryl/α,β-unsaturated/α-hetero) is 1. The zero-order valence-electron chi connectivity index (χ0n) is 14.0. The Kier molecular flexibility index (Phi) is 6.87. The van der Waals surface area contributed by atoms with Gasteiger partial charge in [0.05, 0.1) is 6.10 Å². The molecule has 2 atom stereocenters. The third-order valence-corrected chi connectivity index (χ3v) is 5.76. The first-order chi connectivity index (χ1) is 9.89. The molecule has 0 aliphatic rings. The van der Waals surface area contributed by atoms with Gasteiger partial charge in [-0.3, -0.25) is 4.79 Å². The third-order valence-electron chi connectivity index (χ3n) is 3.43. The molecule has 0 fully saturated rings. The molecule has 5 heteroatoms. The number of hydrogen-bond donors (Lipinski definition) is 1. The Balaban J connectivity index is 3.03. The van der Waals surface area contributed by atoms with Gasteiger partial charge in [0.2, 0.25) is 0 Å². The molecule has 0 aromatic heterocycles. The lowest BCUT2D eigenvalue weighted by Gasteiger charge is -2.29. The van der Waals surface area contributed by atoms with Gasteiger partial charge in [-0.15, -0.1) is 11.6 Å². The van der Waals surface area contributed by atoms with Crippen molar-refractivity contribution in [2.75, 3.05) is 0 Å². The maximum absolute atomic E-state index is 12.7. The Hall–Kier alpha value is -0.163. The van der Waals surface area contributed by atoms with Gasteiger partial charge in [-0.2, -0.15) is 0 Å². The molecule has 0 aliphatic heterocycles. The van der Waals surface area contributed by atoms with E-state index in [1.807, 2.05) is 38.1 Å². The van der Waals surface area contributed by atoms with Gasteiger partial charge in [0.1, 0.15) is 5.78 Å². The van der Waals surface area contributed by atoms with Crippen molar-refractivity contribution in [2.24, 2.45) is 5.92 Å². The van der Waals surface area contributed by atoms with E-state index in [0.29, 0.717) is 0 Å². The van der Waals surface area contributed by atoms with Crippen molar-refractivity contribution in [3.63, 3.8) is 0 Å². The molecule has 1 aromatic rings. The summed E-state index contributed by atoms with van der Waals surface area (Å²) in [4.78, 5) is 12.1. The van der Waals surface area contributed by atoms with Gasteiger partial charge in [-0.1, -0.05) is 47.7 Å². The van der Waals surface area contributed by atoms with Crippen molar-refractivity contribution in [1.82, 2.24) is 0 Å². The molecule has 0 saturated carbocycles. The Labute approximate surface area is 148 Å². The first-order valence-corrected chi connectivity index (χ1v) is 12.4. The number of alkyl halides is 1. The predicted molar refractivity (Wildman–Crippen MR) is 100 cm³/mol. The van der Waals surface area contributed by atoms with E-state index in [2.05, 4.69) is 35.6 Å². The number of hydrogen-bond acceptors (Lipinski definition) is 2. The monoisotopic (exact) mass is 404 g/mol. The average Bonchev–Trinajstić information content (AvgIpc) is 2.33. The summed E-state index contributed by atoms with van der Waals surface area (Å²) in [5, 5.41) is 10.7. The maximum atomic E-state index is 12.7. The SMILES string of the molecule is CC(C)(Cl)CC(=O)[C@@H](C[Si](C)(C)C)[C@H](O)c1ccc(Br)cc1. The molecule has 0 spiro atoms. The van der Waals surface area contributed by atoms with Crippen LogP contribution in [0.15, 0.2) is 28.7 Å². The summed E-state index contributed by atoms with van der Waals surface area (Å²) in [5.41, 5.74) is 0.784. The lowest BCUT2D eigenvalue weighted by molar-refractivity contribution is -0.126. The second kappa shape index (κ2) is 7.60. The summed E-state index contributed by atoms with van der Waals surface area (Å²) in [7, 11) is -1.50. The Bertz CT molecular complexity index is 503. The fourth-order valence-corrected chi connectivity index (χ4v) is 4.67. The van der Waals surface area contributed by atoms with Gasteiger partial charge < -0.3 is 5.11 Å². The molecule has 124 valence electrons. The van der Waals surface area contributed by atoms with E-state index in [4.69, 9.17) is 11.6 Å². The van der Waals surface area contributed by atoms with Crippen LogP contribution in [0, 0.1) is 5.92 Å². The van der Waals surface area contributed by atoms with E-state index in [1.165, 1.54) is 0 Å². The van der Waals surface area contributed by atoms with Crippen LogP contribution < -0.4 is 0 Å². The van der Waals surface area contributed by atoms with Gasteiger partial charge in [0, 0.05) is 29.8 Å². The largest absolute Gasteiger partial charge is 0.388 e. The second-order valence-electron chi connectivity index (χ2n) is 7.73. The summed E-state index contributed by atoms with van der Waals surface area (Å²) in [5.74, 6) is -0.330. The molecule has 0 amide bonds. The number of ketones is 1. The summed E-state index contributed by atoms with van der Waals surface area (Å²) in [6, 6.07) is 8.27. The van der Waals surface area contributed by atoms with E-state index in [1.54, 1.807) is 0 Å². The van der Waals surface area contributed by atoms with Crippen LogP contribution in [0.2, 0.25) is 25.7 Å². The summed E-state index contributed by atoms with van der Waals surface area (Å²) in [6.45, 7) is 10.3. The minimum atomic E-state index is -1.50. The Morgan fingerprint density at radius 3 is 2.18 bits per heavy atom. The molecule has 1 N–H and O–H groups in total. The number of carbonyl (C=O) groups is 1. The van der Waals surface area contributed by atoms with Crippen LogP contribution in [0.5, 0.6) is 0 Å². The maximum Gasteiger partial charge on any atom is 0.140 e. The van der Waals surface area contributed by atoms with Crippen molar-refractivity contribution in [3.8, 4) is 0 Å². The minimum absolute atomic E-state index is 0.0536. The first-order valence-electron chi connectivity index (χ1n) is 7.54. The van der Waals surface area contributed by atoms with Gasteiger partial charge >= 0.3 is 0 Å². The third kappa shape index (κ3) is 6.94. The van der Waals surface area contributed by atoms with Crippen LogP contribution in [-0.2, 0) is 4.79 Å². The smallest absolute Gasteiger partial charge is 0.140 e. The number of aliphatic hydroxyl groups excluding tert-OH is 1. The fourth-order valence-electron chi connectivity index (χ4n) is 2.50. The first kappa shape index (κ1) is 19.9. The molecule has 0 radical (unpaired) electrons. The van der Waals surface area contributed by atoms with Crippen molar-refractivity contribution in [3.05, 3.63) is 34.3 Å². The van der Waals surface area contributed by atoms with E-state index in [9.17, 15) is 9.90 Å². The zero-order chi connectivity index (χ0) is 17.1. The average molecular weight is 406 g/mol. The van der Waals surface area contributed by atoms with E-state index < -0.39 is 19.1 Å². The van der Waals surface area contributed by atoms with Crippen LogP contribution in [0.3, 0.4) is 0 Å². The quantitative estimate of drug-likeness (QED) is 0.486. The van der Waals surface area contributed by atoms with Crippen LogP contribution in [-0.4, -0.2) is 23.8 Å². The van der Waals surface area contributed by atoms with Crippen molar-refractivity contribution in [1.29, 1.82) is 0 Å². The van der Waals surface area contributed by atoms with Crippen LogP contribution in [0.1, 0.15) is 31.9 Å². The van der Waals surface area contributed by atoms with Gasteiger partial charge in [0.25, 0.3) is 0 Å². The van der Waals surface area contributed by atoms with Crippen molar-refractivity contribution < 1.29 is 9.90 Å². The number of halogens is 2. The highest BCUT2D eigenvalue weighted by atomic mass is 79.9. The fraction of sp³-hybridized carbons (Fsp3) is 0.588. The predicted octanol–water partition coefficient (Wildman–Crippen LogP) is 5.41. The van der Waals surface area contributed by atoms with Gasteiger partial charge in [-0.25, -0.2) is 0 Å². The summed E-state index contributed by atoms with van der Waals surface area (Å²) < 4.78 is 0.957. The lowest BCUT2D eigenvalue weighted by atomic mass is 9.89. The highest BCUT2D eigenvalue weighted by molar-refractivity contribution is 9.10. The number of benzene rings is 1. The summed E-state index contributed by atoms with van der Waals surface area (Å²) >= 11 is 9.61. The van der Waals surface area contributed by atoms with Crippen molar-refractivity contribution in [2.45, 2.75) is 56.9 Å². The second-order valence-corrected chi connectivity index (χ2v) is 15.2. The molecule has 1 rings (SSSR count). The minimum Gasteiger partial charge on any atom is -0.388 e. The van der Waals surface area contributed by atoms with Crippen LogP contribution in [0.4, 0.5) is 0 Å².